The molecular weight excluding hydrogens is 372 g/mol. The molecule has 0 heterocycles. The van der Waals surface area contributed by atoms with Gasteiger partial charge in [0, 0.05) is 0 Å². The molecule has 4 rings (SSSR count). The Morgan fingerprint density at radius 1 is 0.552 bits per heavy atom. The number of carbonyl (C=O) groups excluding carboxylic acids is 1. The van der Waals surface area contributed by atoms with Crippen molar-refractivity contribution in [3.05, 3.63) is 127 Å². The van der Waals surface area contributed by atoms with Gasteiger partial charge in [-0.05, 0) is 21.1 Å². The van der Waals surface area contributed by atoms with Crippen molar-refractivity contribution in [2.75, 3.05) is 0 Å². The maximum absolute atomic E-state index is 13.2. The zero-order valence-electron chi connectivity index (χ0n) is 16.1. The Kier molecular flexibility index (Phi) is 5.68. The summed E-state index contributed by atoms with van der Waals surface area (Å²) < 4.78 is 6.50. The standard InChI is InChI=1S/C26H22O2Si/c27-26(21-22-13-5-1-6-14-22)28-29(23-15-7-2-8-16-23,24-17-9-3-10-18-24)25-19-11-4-12-20-25/h1-20H,21H2. The molecule has 0 atom stereocenters. The lowest BCUT2D eigenvalue weighted by molar-refractivity contribution is -0.134. The Hall–Kier alpha value is -3.43. The van der Waals surface area contributed by atoms with Crippen LogP contribution >= 0.6 is 0 Å². The van der Waals surface area contributed by atoms with E-state index < -0.39 is 8.32 Å². The van der Waals surface area contributed by atoms with Crippen LogP contribution in [0.4, 0.5) is 0 Å². The van der Waals surface area contributed by atoms with Crippen LogP contribution < -0.4 is 15.6 Å². The lowest BCUT2D eigenvalue weighted by Gasteiger charge is -2.32. The molecule has 0 spiro atoms. The summed E-state index contributed by atoms with van der Waals surface area (Å²) in [6.45, 7) is 0. The molecule has 0 aliphatic heterocycles. The van der Waals surface area contributed by atoms with E-state index in [-0.39, 0.29) is 12.4 Å². The smallest absolute Gasteiger partial charge is 0.350 e. The molecule has 0 bridgehead atoms. The zero-order valence-corrected chi connectivity index (χ0v) is 17.1. The topological polar surface area (TPSA) is 26.3 Å². The van der Waals surface area contributed by atoms with Crippen LogP contribution in [0.5, 0.6) is 0 Å². The minimum absolute atomic E-state index is 0.209. The van der Waals surface area contributed by atoms with Crippen LogP contribution in [0, 0.1) is 0 Å². The Morgan fingerprint density at radius 2 is 0.897 bits per heavy atom. The SMILES string of the molecule is O=C(Cc1ccccc1)O[Si](c1ccccc1)(c1ccccc1)c1ccccc1. The number of benzene rings is 4. The van der Waals surface area contributed by atoms with Gasteiger partial charge in [-0.3, -0.25) is 4.79 Å². The van der Waals surface area contributed by atoms with E-state index in [9.17, 15) is 4.79 Å². The summed E-state index contributed by atoms with van der Waals surface area (Å²) in [6, 6.07) is 40.2. The lowest BCUT2D eigenvalue weighted by atomic mass is 10.2. The highest BCUT2D eigenvalue weighted by Crippen LogP contribution is 2.12. The number of hydrogen-bond donors (Lipinski definition) is 0. The van der Waals surface area contributed by atoms with Crippen LogP contribution in [-0.4, -0.2) is 14.3 Å². The van der Waals surface area contributed by atoms with Gasteiger partial charge < -0.3 is 4.43 Å². The van der Waals surface area contributed by atoms with Gasteiger partial charge in [-0.25, -0.2) is 0 Å². The van der Waals surface area contributed by atoms with Crippen LogP contribution in [0.25, 0.3) is 0 Å². The second-order valence-corrected chi connectivity index (χ2v) is 10.2. The molecule has 4 aromatic carbocycles. The van der Waals surface area contributed by atoms with Crippen LogP contribution in [0.2, 0.25) is 0 Å². The van der Waals surface area contributed by atoms with Crippen LogP contribution in [0.1, 0.15) is 5.56 Å². The van der Waals surface area contributed by atoms with E-state index in [2.05, 4.69) is 36.4 Å². The number of rotatable bonds is 6. The van der Waals surface area contributed by atoms with Crippen LogP contribution in [0.15, 0.2) is 121 Å². The van der Waals surface area contributed by atoms with E-state index >= 15 is 0 Å². The molecule has 0 fully saturated rings. The largest absolute Gasteiger partial charge is 0.505 e. The average Bonchev–Trinajstić information content (AvgIpc) is 2.80. The van der Waals surface area contributed by atoms with Gasteiger partial charge in [0.25, 0.3) is 5.97 Å². The minimum atomic E-state index is -2.99. The van der Waals surface area contributed by atoms with E-state index in [1.54, 1.807) is 0 Å². The summed E-state index contributed by atoms with van der Waals surface area (Å²) in [4.78, 5) is 13.2. The fraction of sp³-hybridized carbons (Fsp3) is 0.0385. The average molecular weight is 395 g/mol. The molecule has 0 aliphatic carbocycles. The summed E-state index contributed by atoms with van der Waals surface area (Å²) in [7, 11) is -2.99. The van der Waals surface area contributed by atoms with Crippen molar-refractivity contribution in [1.29, 1.82) is 0 Å². The first kappa shape index (κ1) is 18.9. The molecule has 0 unspecified atom stereocenters. The summed E-state index contributed by atoms with van der Waals surface area (Å²) in [5.41, 5.74) is 0.953. The second kappa shape index (κ2) is 8.72. The van der Waals surface area contributed by atoms with Gasteiger partial charge in [-0.15, -0.1) is 0 Å². The molecule has 0 N–H and O–H groups in total. The van der Waals surface area contributed by atoms with Gasteiger partial charge in [-0.2, -0.15) is 0 Å². The Labute approximate surface area is 172 Å². The Morgan fingerprint density at radius 3 is 1.28 bits per heavy atom. The van der Waals surface area contributed by atoms with Crippen molar-refractivity contribution in [1.82, 2.24) is 0 Å². The van der Waals surface area contributed by atoms with Crippen molar-refractivity contribution >= 4 is 29.8 Å². The molecular formula is C26H22O2Si. The van der Waals surface area contributed by atoms with Gasteiger partial charge in [0.15, 0.2) is 0 Å². The van der Waals surface area contributed by atoms with Gasteiger partial charge in [0.1, 0.15) is 0 Å². The van der Waals surface area contributed by atoms with E-state index in [4.69, 9.17) is 4.43 Å². The molecule has 3 heteroatoms. The third-order valence-electron chi connectivity index (χ3n) is 5.00. The van der Waals surface area contributed by atoms with Gasteiger partial charge >= 0.3 is 8.32 Å². The van der Waals surface area contributed by atoms with Crippen molar-refractivity contribution in [2.24, 2.45) is 0 Å². The fourth-order valence-corrected chi connectivity index (χ4v) is 7.42. The van der Waals surface area contributed by atoms with Gasteiger partial charge in [0.05, 0.1) is 6.42 Å². The second-order valence-electron chi connectivity index (χ2n) is 6.92. The van der Waals surface area contributed by atoms with E-state index in [1.165, 1.54) is 0 Å². The predicted octanol–water partition coefficient (Wildman–Crippen LogP) is 3.44. The summed E-state index contributed by atoms with van der Waals surface area (Å²) in [6.07, 6.45) is 0.252. The monoisotopic (exact) mass is 394 g/mol. The van der Waals surface area contributed by atoms with Crippen LogP contribution in [-0.2, 0) is 15.6 Å². The van der Waals surface area contributed by atoms with E-state index in [0.717, 1.165) is 21.1 Å². The molecule has 0 radical (unpaired) electrons. The molecule has 0 amide bonds. The highest BCUT2D eigenvalue weighted by molar-refractivity contribution is 7.07. The molecule has 0 saturated carbocycles. The predicted molar refractivity (Wildman–Crippen MR) is 120 cm³/mol. The minimum Gasteiger partial charge on any atom is -0.505 e. The molecule has 142 valence electrons. The summed E-state index contributed by atoms with van der Waals surface area (Å²) in [5, 5.41) is 3.16. The van der Waals surface area contributed by atoms with Gasteiger partial charge in [0.2, 0.25) is 0 Å². The maximum Gasteiger partial charge on any atom is 0.350 e. The highest BCUT2D eigenvalue weighted by Gasteiger charge is 2.45. The first-order chi connectivity index (χ1) is 14.3. The van der Waals surface area contributed by atoms with Crippen molar-refractivity contribution in [2.45, 2.75) is 6.42 Å². The molecule has 2 nitrogen and oxygen atoms in total. The normalized spacial score (nSPS) is 11.0. The Bertz CT molecular complexity index is 952. The quantitative estimate of drug-likeness (QED) is 0.370. The van der Waals surface area contributed by atoms with E-state index in [0.29, 0.717) is 0 Å². The molecule has 0 saturated heterocycles. The Balaban J connectivity index is 1.85. The third kappa shape index (κ3) is 4.05. The highest BCUT2D eigenvalue weighted by atomic mass is 28.4. The molecule has 0 aliphatic rings. The number of hydrogen-bond acceptors (Lipinski definition) is 2. The van der Waals surface area contributed by atoms with Crippen molar-refractivity contribution < 1.29 is 9.22 Å². The van der Waals surface area contributed by atoms with Crippen molar-refractivity contribution in [3.8, 4) is 0 Å². The summed E-state index contributed by atoms with van der Waals surface area (Å²) >= 11 is 0. The first-order valence-electron chi connectivity index (χ1n) is 9.71. The maximum atomic E-state index is 13.2. The van der Waals surface area contributed by atoms with E-state index in [1.807, 2.05) is 84.9 Å². The van der Waals surface area contributed by atoms with Crippen LogP contribution in [0.3, 0.4) is 0 Å². The first-order valence-corrected chi connectivity index (χ1v) is 11.6. The van der Waals surface area contributed by atoms with Crippen molar-refractivity contribution in [3.63, 3.8) is 0 Å². The molecule has 0 aromatic heterocycles. The molecule has 29 heavy (non-hydrogen) atoms. The molecule has 4 aromatic rings. The zero-order chi connectivity index (χ0) is 19.9. The van der Waals surface area contributed by atoms with Gasteiger partial charge in [-0.1, -0.05) is 121 Å². The summed E-state index contributed by atoms with van der Waals surface area (Å²) in [5.74, 6) is -0.209. The lowest BCUT2D eigenvalue weighted by Crippen LogP contribution is -2.70. The number of carbonyl (C=O) groups is 1. The fourth-order valence-electron chi connectivity index (χ4n) is 3.66. The third-order valence-corrected chi connectivity index (χ3v) is 8.97.